The van der Waals surface area contributed by atoms with Crippen molar-refractivity contribution in [3.05, 3.63) is 35.4 Å². The van der Waals surface area contributed by atoms with Gasteiger partial charge in [0.15, 0.2) is 11.6 Å². The van der Waals surface area contributed by atoms with Gasteiger partial charge in [-0.25, -0.2) is 8.78 Å². The number of carbonyl (C=O) groups excluding carboxylic acids is 1. The van der Waals surface area contributed by atoms with Crippen LogP contribution >= 0.6 is 0 Å². The summed E-state index contributed by atoms with van der Waals surface area (Å²) in [5, 5.41) is 0. The molecule has 1 aliphatic rings. The Kier molecular flexibility index (Phi) is 2.77. The molecule has 0 aromatic heterocycles. The molecule has 1 unspecified atom stereocenters. The van der Waals surface area contributed by atoms with E-state index in [1.165, 1.54) is 6.07 Å². The van der Waals surface area contributed by atoms with Gasteiger partial charge in [-0.3, -0.25) is 0 Å². The molecule has 1 aromatic rings. The predicted molar refractivity (Wildman–Crippen MR) is 49.5 cm³/mol. The maximum atomic E-state index is 12.9. The minimum atomic E-state index is -0.859. The zero-order valence-corrected chi connectivity index (χ0v) is 7.95. The van der Waals surface area contributed by atoms with E-state index in [-0.39, 0.29) is 5.92 Å². The monoisotopic (exact) mass is 212 g/mol. The highest BCUT2D eigenvalue weighted by Crippen LogP contribution is 2.29. The van der Waals surface area contributed by atoms with Gasteiger partial charge in [0, 0.05) is 5.92 Å². The molecule has 0 amide bonds. The Morgan fingerprint density at radius 3 is 2.73 bits per heavy atom. The molecule has 2 nitrogen and oxygen atoms in total. The standard InChI is InChI=1S/C11H10F2O2/c12-10-2-1-7(4-11(10)13)8-3-9(5-14)15-6-8/h1-2,4-5,8-9H,3,6H2/t8-,9?/m0/s1. The van der Waals surface area contributed by atoms with Gasteiger partial charge >= 0.3 is 0 Å². The average molecular weight is 212 g/mol. The molecule has 80 valence electrons. The van der Waals surface area contributed by atoms with E-state index in [9.17, 15) is 13.6 Å². The third-order valence-electron chi connectivity index (χ3n) is 2.60. The average Bonchev–Trinajstić information content (AvgIpc) is 2.70. The number of carbonyl (C=O) groups is 1. The van der Waals surface area contributed by atoms with Gasteiger partial charge in [0.05, 0.1) is 6.61 Å². The first-order chi connectivity index (χ1) is 7.20. The van der Waals surface area contributed by atoms with Crippen molar-refractivity contribution >= 4 is 6.29 Å². The second-order valence-electron chi connectivity index (χ2n) is 3.61. The van der Waals surface area contributed by atoms with Crippen LogP contribution in [0.1, 0.15) is 17.9 Å². The third kappa shape index (κ3) is 2.04. The molecule has 4 heteroatoms. The van der Waals surface area contributed by atoms with E-state index < -0.39 is 17.7 Å². The fraction of sp³-hybridized carbons (Fsp3) is 0.364. The SMILES string of the molecule is O=CC1C[C@H](c2ccc(F)c(F)c2)CO1. The lowest BCUT2D eigenvalue weighted by Crippen LogP contribution is -2.05. The van der Waals surface area contributed by atoms with Gasteiger partial charge in [-0.05, 0) is 24.1 Å². The van der Waals surface area contributed by atoms with Gasteiger partial charge in [0.25, 0.3) is 0 Å². The summed E-state index contributed by atoms with van der Waals surface area (Å²) in [5.41, 5.74) is 0.679. The summed E-state index contributed by atoms with van der Waals surface area (Å²) >= 11 is 0. The van der Waals surface area contributed by atoms with Gasteiger partial charge in [-0.1, -0.05) is 6.07 Å². The summed E-state index contributed by atoms with van der Waals surface area (Å²) in [4.78, 5) is 10.4. The van der Waals surface area contributed by atoms with Crippen LogP contribution in [0.15, 0.2) is 18.2 Å². The minimum absolute atomic E-state index is 0.0182. The van der Waals surface area contributed by atoms with Gasteiger partial charge in [-0.15, -0.1) is 0 Å². The molecule has 1 aliphatic heterocycles. The highest BCUT2D eigenvalue weighted by molar-refractivity contribution is 5.56. The zero-order valence-electron chi connectivity index (χ0n) is 7.95. The largest absolute Gasteiger partial charge is 0.370 e. The summed E-state index contributed by atoms with van der Waals surface area (Å²) in [6, 6.07) is 3.79. The molecular weight excluding hydrogens is 202 g/mol. The summed E-state index contributed by atoms with van der Waals surface area (Å²) < 4.78 is 30.7. The van der Waals surface area contributed by atoms with E-state index in [1.54, 1.807) is 0 Å². The normalized spacial score (nSPS) is 25.5. The van der Waals surface area contributed by atoms with Crippen LogP contribution in [0, 0.1) is 11.6 Å². The molecule has 0 radical (unpaired) electrons. The fourth-order valence-corrected chi connectivity index (χ4v) is 1.75. The molecule has 1 aromatic carbocycles. The number of hydrogen-bond donors (Lipinski definition) is 0. The Morgan fingerprint density at radius 2 is 2.13 bits per heavy atom. The van der Waals surface area contributed by atoms with Gasteiger partial charge in [0.2, 0.25) is 0 Å². The minimum Gasteiger partial charge on any atom is -0.370 e. The van der Waals surface area contributed by atoms with Crippen LogP contribution in [-0.4, -0.2) is 19.0 Å². The number of ether oxygens (including phenoxy) is 1. The van der Waals surface area contributed by atoms with Crippen molar-refractivity contribution in [2.75, 3.05) is 6.61 Å². The highest BCUT2D eigenvalue weighted by atomic mass is 19.2. The van der Waals surface area contributed by atoms with Crippen molar-refractivity contribution in [2.45, 2.75) is 18.4 Å². The molecule has 0 spiro atoms. The highest BCUT2D eigenvalue weighted by Gasteiger charge is 2.26. The first-order valence-electron chi connectivity index (χ1n) is 4.72. The number of halogens is 2. The van der Waals surface area contributed by atoms with Crippen molar-refractivity contribution in [3.63, 3.8) is 0 Å². The Labute approximate surface area is 85.9 Å². The van der Waals surface area contributed by atoms with E-state index in [4.69, 9.17) is 4.74 Å². The van der Waals surface area contributed by atoms with Crippen molar-refractivity contribution < 1.29 is 18.3 Å². The van der Waals surface area contributed by atoms with Crippen LogP contribution in [0.5, 0.6) is 0 Å². The van der Waals surface area contributed by atoms with Crippen LogP contribution < -0.4 is 0 Å². The van der Waals surface area contributed by atoms with E-state index in [2.05, 4.69) is 0 Å². The van der Waals surface area contributed by atoms with Crippen LogP contribution in [0.25, 0.3) is 0 Å². The first-order valence-corrected chi connectivity index (χ1v) is 4.72. The number of benzene rings is 1. The summed E-state index contributed by atoms with van der Waals surface area (Å²) in [6.07, 6.45) is 0.858. The second kappa shape index (κ2) is 4.06. The molecule has 0 bridgehead atoms. The molecule has 0 saturated carbocycles. The summed E-state index contributed by atoms with van der Waals surface area (Å²) in [7, 11) is 0. The van der Waals surface area contributed by atoms with Crippen molar-refractivity contribution in [1.29, 1.82) is 0 Å². The number of rotatable bonds is 2. The van der Waals surface area contributed by atoms with E-state index in [0.29, 0.717) is 18.6 Å². The Balaban J connectivity index is 2.17. The Bertz CT molecular complexity index is 379. The van der Waals surface area contributed by atoms with Crippen LogP contribution in [0.2, 0.25) is 0 Å². The van der Waals surface area contributed by atoms with Crippen LogP contribution in [0.4, 0.5) is 8.78 Å². The lowest BCUT2D eigenvalue weighted by Gasteiger charge is -2.07. The van der Waals surface area contributed by atoms with Gasteiger partial charge < -0.3 is 9.53 Å². The van der Waals surface area contributed by atoms with E-state index in [1.807, 2.05) is 0 Å². The molecule has 1 fully saturated rings. The van der Waals surface area contributed by atoms with Crippen LogP contribution in [0.3, 0.4) is 0 Å². The van der Waals surface area contributed by atoms with Crippen molar-refractivity contribution in [3.8, 4) is 0 Å². The van der Waals surface area contributed by atoms with E-state index in [0.717, 1.165) is 18.4 Å². The smallest absolute Gasteiger partial charge is 0.159 e. The number of aldehydes is 1. The molecular formula is C11H10F2O2. The molecule has 0 N–H and O–H groups in total. The molecule has 15 heavy (non-hydrogen) atoms. The number of hydrogen-bond acceptors (Lipinski definition) is 2. The zero-order chi connectivity index (χ0) is 10.8. The molecule has 0 aliphatic carbocycles. The molecule has 1 saturated heterocycles. The Hall–Kier alpha value is -1.29. The maximum Gasteiger partial charge on any atom is 0.159 e. The first kappa shape index (κ1) is 10.2. The quantitative estimate of drug-likeness (QED) is 0.701. The fourth-order valence-electron chi connectivity index (χ4n) is 1.75. The van der Waals surface area contributed by atoms with E-state index >= 15 is 0 Å². The maximum absolute atomic E-state index is 12.9. The van der Waals surface area contributed by atoms with Crippen molar-refractivity contribution in [1.82, 2.24) is 0 Å². The third-order valence-corrected chi connectivity index (χ3v) is 2.60. The lowest BCUT2D eigenvalue weighted by molar-refractivity contribution is -0.115. The van der Waals surface area contributed by atoms with Crippen molar-refractivity contribution in [2.24, 2.45) is 0 Å². The molecule has 2 atom stereocenters. The topological polar surface area (TPSA) is 26.3 Å². The lowest BCUT2D eigenvalue weighted by atomic mass is 9.96. The molecule has 2 rings (SSSR count). The van der Waals surface area contributed by atoms with Gasteiger partial charge in [0.1, 0.15) is 12.4 Å². The van der Waals surface area contributed by atoms with Crippen LogP contribution in [-0.2, 0) is 9.53 Å². The second-order valence-corrected chi connectivity index (χ2v) is 3.61. The summed E-state index contributed by atoms with van der Waals surface area (Å²) in [5.74, 6) is -1.73. The molecule has 1 heterocycles. The Morgan fingerprint density at radius 1 is 1.33 bits per heavy atom. The van der Waals surface area contributed by atoms with Gasteiger partial charge in [-0.2, -0.15) is 0 Å². The summed E-state index contributed by atoms with van der Waals surface area (Å²) in [6.45, 7) is 0.383. The predicted octanol–water partition coefficient (Wildman–Crippen LogP) is 2.04.